The molecule has 0 unspecified atom stereocenters. The molecule has 21 heavy (non-hydrogen) atoms. The van der Waals surface area contributed by atoms with Crippen LogP contribution in [-0.4, -0.2) is 29.8 Å². The minimum Gasteiger partial charge on any atom is -0.478 e. The van der Waals surface area contributed by atoms with Crippen LogP contribution in [0.15, 0.2) is 33.2 Å². The highest BCUT2D eigenvalue weighted by molar-refractivity contribution is 7.91. The van der Waals surface area contributed by atoms with Crippen LogP contribution in [0, 0.1) is 0 Å². The van der Waals surface area contributed by atoms with Crippen LogP contribution in [0.3, 0.4) is 0 Å². The van der Waals surface area contributed by atoms with Crippen molar-refractivity contribution in [2.45, 2.75) is 30.6 Å². The fourth-order valence-electron chi connectivity index (χ4n) is 1.78. The molecule has 0 radical (unpaired) electrons. The van der Waals surface area contributed by atoms with Crippen molar-refractivity contribution in [3.8, 4) is 0 Å². The second-order valence-corrected chi connectivity index (χ2v) is 8.74. The van der Waals surface area contributed by atoms with Gasteiger partial charge < -0.3 is 5.11 Å². The van der Waals surface area contributed by atoms with E-state index in [-0.39, 0.29) is 22.4 Å². The second-order valence-electron chi connectivity index (χ2n) is 4.68. The SMILES string of the molecule is CC(C)N(Cc1cccs1)S(=O)(=O)c1cc(C(=O)O)cs1. The van der Waals surface area contributed by atoms with E-state index in [1.807, 2.05) is 17.5 Å². The lowest BCUT2D eigenvalue weighted by Gasteiger charge is -2.24. The Hall–Kier alpha value is -1.22. The van der Waals surface area contributed by atoms with E-state index in [1.165, 1.54) is 27.1 Å². The molecule has 2 rings (SSSR count). The van der Waals surface area contributed by atoms with Crippen molar-refractivity contribution in [1.29, 1.82) is 0 Å². The molecule has 5 nitrogen and oxygen atoms in total. The first-order chi connectivity index (χ1) is 9.82. The lowest BCUT2D eigenvalue weighted by atomic mass is 10.4. The number of aromatic carboxylic acids is 1. The topological polar surface area (TPSA) is 74.7 Å². The van der Waals surface area contributed by atoms with E-state index >= 15 is 0 Å². The molecule has 0 aliphatic rings. The largest absolute Gasteiger partial charge is 0.478 e. The summed E-state index contributed by atoms with van der Waals surface area (Å²) in [6, 6.07) is 4.75. The fourth-order valence-corrected chi connectivity index (χ4v) is 5.46. The van der Waals surface area contributed by atoms with Crippen molar-refractivity contribution < 1.29 is 18.3 Å². The Morgan fingerprint density at radius 2 is 2.10 bits per heavy atom. The van der Waals surface area contributed by atoms with Crippen molar-refractivity contribution in [2.24, 2.45) is 0 Å². The quantitative estimate of drug-likeness (QED) is 0.873. The Labute approximate surface area is 131 Å². The Morgan fingerprint density at radius 1 is 1.38 bits per heavy atom. The summed E-state index contributed by atoms with van der Waals surface area (Å²) in [6.45, 7) is 3.89. The van der Waals surface area contributed by atoms with Crippen LogP contribution >= 0.6 is 22.7 Å². The van der Waals surface area contributed by atoms with Gasteiger partial charge in [-0.05, 0) is 31.4 Å². The standard InChI is InChI=1S/C13H15NO4S3/c1-9(2)14(7-11-4-3-5-19-11)21(17,18)12-6-10(8-20-12)13(15)16/h3-6,8-9H,7H2,1-2H3,(H,15,16). The van der Waals surface area contributed by atoms with Gasteiger partial charge in [-0.2, -0.15) is 4.31 Å². The van der Waals surface area contributed by atoms with E-state index in [1.54, 1.807) is 13.8 Å². The highest BCUT2D eigenvalue weighted by Crippen LogP contribution is 2.27. The van der Waals surface area contributed by atoms with Crippen LogP contribution in [0.4, 0.5) is 0 Å². The predicted octanol–water partition coefficient (Wildman–Crippen LogP) is 3.11. The number of nitrogens with zero attached hydrogens (tertiary/aromatic N) is 1. The molecule has 1 N–H and O–H groups in total. The molecule has 0 spiro atoms. The number of hydrogen-bond acceptors (Lipinski definition) is 5. The van der Waals surface area contributed by atoms with Crippen molar-refractivity contribution in [3.63, 3.8) is 0 Å². The molecule has 0 aromatic carbocycles. The van der Waals surface area contributed by atoms with Crippen LogP contribution in [-0.2, 0) is 16.6 Å². The fraction of sp³-hybridized carbons (Fsp3) is 0.308. The molecule has 0 amide bonds. The Bertz CT molecular complexity index is 716. The van der Waals surface area contributed by atoms with Crippen LogP contribution < -0.4 is 0 Å². The third-order valence-corrected chi connectivity index (χ3v) is 7.15. The van der Waals surface area contributed by atoms with Gasteiger partial charge in [0.15, 0.2) is 0 Å². The maximum absolute atomic E-state index is 12.7. The zero-order chi connectivity index (χ0) is 15.6. The summed E-state index contributed by atoms with van der Waals surface area (Å²) < 4.78 is 26.8. The van der Waals surface area contributed by atoms with Crippen molar-refractivity contribution in [1.82, 2.24) is 4.31 Å². The number of hydrogen-bond donors (Lipinski definition) is 1. The first-order valence-corrected chi connectivity index (χ1v) is 9.38. The van der Waals surface area contributed by atoms with Gasteiger partial charge in [-0.15, -0.1) is 22.7 Å². The van der Waals surface area contributed by atoms with Crippen molar-refractivity contribution >= 4 is 38.7 Å². The van der Waals surface area contributed by atoms with Gasteiger partial charge in [-0.1, -0.05) is 6.07 Å². The molecule has 2 heterocycles. The van der Waals surface area contributed by atoms with Gasteiger partial charge in [0.1, 0.15) is 4.21 Å². The molecule has 0 atom stereocenters. The molecule has 0 bridgehead atoms. The van der Waals surface area contributed by atoms with Gasteiger partial charge in [0.25, 0.3) is 10.0 Å². The molecule has 0 fully saturated rings. The summed E-state index contributed by atoms with van der Waals surface area (Å²) in [5.74, 6) is -1.12. The first kappa shape index (κ1) is 16.2. The van der Waals surface area contributed by atoms with Crippen LogP contribution in [0.1, 0.15) is 29.1 Å². The normalized spacial score (nSPS) is 12.2. The number of carboxylic acid groups (broad SMARTS) is 1. The van der Waals surface area contributed by atoms with Gasteiger partial charge in [-0.3, -0.25) is 0 Å². The van der Waals surface area contributed by atoms with E-state index in [2.05, 4.69) is 0 Å². The summed E-state index contributed by atoms with van der Waals surface area (Å²) in [4.78, 5) is 11.8. The first-order valence-electron chi connectivity index (χ1n) is 6.18. The maximum Gasteiger partial charge on any atom is 0.336 e. The lowest BCUT2D eigenvalue weighted by Crippen LogP contribution is -2.35. The number of sulfonamides is 1. The average Bonchev–Trinajstić information content (AvgIpc) is 3.06. The average molecular weight is 345 g/mol. The molecule has 0 aliphatic heterocycles. The molecular formula is C13H15NO4S3. The van der Waals surface area contributed by atoms with Gasteiger partial charge in [0.2, 0.25) is 0 Å². The van der Waals surface area contributed by atoms with Gasteiger partial charge in [0.05, 0.1) is 5.56 Å². The molecular weight excluding hydrogens is 330 g/mol. The lowest BCUT2D eigenvalue weighted by molar-refractivity contribution is 0.0697. The van der Waals surface area contributed by atoms with Crippen LogP contribution in [0.5, 0.6) is 0 Å². The molecule has 0 saturated heterocycles. The second kappa shape index (κ2) is 6.27. The van der Waals surface area contributed by atoms with Crippen molar-refractivity contribution in [2.75, 3.05) is 0 Å². The summed E-state index contributed by atoms with van der Waals surface area (Å²) >= 11 is 2.43. The van der Waals surface area contributed by atoms with E-state index < -0.39 is 16.0 Å². The van der Waals surface area contributed by atoms with Gasteiger partial charge >= 0.3 is 5.97 Å². The minimum atomic E-state index is -3.69. The Morgan fingerprint density at radius 3 is 2.57 bits per heavy atom. The van der Waals surface area contributed by atoms with E-state index in [9.17, 15) is 13.2 Å². The highest BCUT2D eigenvalue weighted by atomic mass is 32.2. The molecule has 0 aliphatic carbocycles. The Kier molecular flexibility index (Phi) is 4.82. The van der Waals surface area contributed by atoms with E-state index in [0.717, 1.165) is 16.2 Å². The molecule has 8 heteroatoms. The van der Waals surface area contributed by atoms with Gasteiger partial charge in [0, 0.05) is 22.8 Å². The summed E-state index contributed by atoms with van der Waals surface area (Å²) in [5, 5.41) is 12.2. The summed E-state index contributed by atoms with van der Waals surface area (Å²) in [6.07, 6.45) is 0. The number of rotatable bonds is 6. The third-order valence-electron chi connectivity index (χ3n) is 2.85. The maximum atomic E-state index is 12.7. The number of carbonyl (C=O) groups is 1. The number of thiophene rings is 2. The highest BCUT2D eigenvalue weighted by Gasteiger charge is 2.29. The molecule has 2 aromatic heterocycles. The minimum absolute atomic E-state index is 0.00148. The van der Waals surface area contributed by atoms with Crippen LogP contribution in [0.25, 0.3) is 0 Å². The zero-order valence-electron chi connectivity index (χ0n) is 11.5. The van der Waals surface area contributed by atoms with Crippen LogP contribution in [0.2, 0.25) is 0 Å². The van der Waals surface area contributed by atoms with E-state index in [4.69, 9.17) is 5.11 Å². The summed E-state index contributed by atoms with van der Waals surface area (Å²) in [5.41, 5.74) is -0.00148. The molecule has 2 aromatic rings. The monoisotopic (exact) mass is 345 g/mol. The summed E-state index contributed by atoms with van der Waals surface area (Å²) in [7, 11) is -3.69. The Balaban J connectivity index is 2.35. The predicted molar refractivity (Wildman–Crippen MR) is 83.5 cm³/mol. The molecule has 0 saturated carbocycles. The number of carboxylic acids is 1. The van der Waals surface area contributed by atoms with E-state index in [0.29, 0.717) is 0 Å². The van der Waals surface area contributed by atoms with Gasteiger partial charge in [-0.25, -0.2) is 13.2 Å². The molecule has 114 valence electrons. The zero-order valence-corrected chi connectivity index (χ0v) is 14.0. The van der Waals surface area contributed by atoms with Crippen molar-refractivity contribution in [3.05, 3.63) is 39.4 Å². The third kappa shape index (κ3) is 3.52. The smallest absolute Gasteiger partial charge is 0.336 e.